The highest BCUT2D eigenvalue weighted by Gasteiger charge is 2.63. The highest BCUT2D eigenvalue weighted by atomic mass is 16.6. The van der Waals surface area contributed by atoms with Gasteiger partial charge in [-0.3, -0.25) is 9.59 Å². The Morgan fingerprint density at radius 2 is 1.63 bits per heavy atom. The predicted octanol–water partition coefficient (Wildman–Crippen LogP) is 3.60. The fraction of sp³-hybridized carbons (Fsp3) is 0.353. The van der Waals surface area contributed by atoms with Crippen LogP contribution in [0.2, 0.25) is 0 Å². The molecule has 9 nitrogen and oxygen atoms in total. The number of rotatable bonds is 5. The zero-order chi connectivity index (χ0) is 30.8. The Labute approximate surface area is 249 Å². The molecule has 0 saturated carbocycles. The highest BCUT2D eigenvalue weighted by Crippen LogP contribution is 2.50. The number of aromatic nitrogens is 3. The molecule has 6 N–H and O–H groups in total. The molecule has 3 aliphatic rings. The molecule has 2 saturated heterocycles. The van der Waals surface area contributed by atoms with Crippen LogP contribution in [0.4, 0.5) is 0 Å². The number of aliphatic carboxylic acids is 1. The van der Waals surface area contributed by atoms with E-state index in [4.69, 9.17) is 4.74 Å². The largest absolute Gasteiger partial charge is 0.481 e. The van der Waals surface area contributed by atoms with Gasteiger partial charge in [-0.15, -0.1) is 0 Å². The van der Waals surface area contributed by atoms with Crippen molar-refractivity contribution in [2.24, 2.45) is 0 Å². The van der Waals surface area contributed by atoms with Crippen LogP contribution in [-0.2, 0) is 27.2 Å². The molecule has 1 spiro atoms. The van der Waals surface area contributed by atoms with Crippen molar-refractivity contribution < 1.29 is 24.5 Å². The molecular formula is C34H38N4O5. The van der Waals surface area contributed by atoms with Crippen molar-refractivity contribution in [2.45, 2.75) is 77.9 Å². The monoisotopic (exact) mass is 582 g/mol. The standard InChI is InChI=1S/C34H38N4O5/c1-7-20-17(3)23-13-24-19(5)22(9-10-31(39)40)28(37-24)16-30-34(12-11-32(41)43-34)33(6,42)29(38-30)15-27-21(8-2)18(4)25(36-27)14-26(20)35-23/h8,13-16,35-38,42H,2,7,9-12H2,1,3-6H3,(H,39,40)/b23-13-,26-14-,29-15-,30-16-/t33-,34+/m0/s1. The second kappa shape index (κ2) is 10.1. The van der Waals surface area contributed by atoms with Crippen LogP contribution in [0.25, 0.3) is 30.4 Å². The number of carbonyl (C=O) groups excluding carboxylic acids is 1. The molecule has 8 bridgehead atoms. The number of fused-ring (bicyclic) bond motifs is 9. The van der Waals surface area contributed by atoms with Crippen molar-refractivity contribution >= 4 is 42.3 Å². The van der Waals surface area contributed by atoms with E-state index < -0.39 is 17.2 Å². The van der Waals surface area contributed by atoms with Crippen LogP contribution in [0, 0.1) is 20.8 Å². The van der Waals surface area contributed by atoms with Crippen molar-refractivity contribution in [3.8, 4) is 0 Å². The molecule has 3 aromatic heterocycles. The van der Waals surface area contributed by atoms with E-state index in [9.17, 15) is 19.8 Å². The van der Waals surface area contributed by atoms with Gasteiger partial charge in [-0.05, 0) is 92.7 Å². The summed E-state index contributed by atoms with van der Waals surface area (Å²) in [5.74, 6) is -1.27. The van der Waals surface area contributed by atoms with Crippen molar-refractivity contribution in [1.29, 1.82) is 0 Å². The van der Waals surface area contributed by atoms with Crippen molar-refractivity contribution in [1.82, 2.24) is 20.3 Å². The number of aliphatic hydroxyl groups is 1. The van der Waals surface area contributed by atoms with Crippen LogP contribution in [0.15, 0.2) is 18.0 Å². The van der Waals surface area contributed by atoms with E-state index >= 15 is 0 Å². The van der Waals surface area contributed by atoms with E-state index in [1.54, 1.807) is 13.0 Å². The normalized spacial score (nSPS) is 26.4. The van der Waals surface area contributed by atoms with Gasteiger partial charge in [0.05, 0.1) is 11.4 Å². The fourth-order valence-electron chi connectivity index (χ4n) is 6.94. The van der Waals surface area contributed by atoms with Gasteiger partial charge in [0, 0.05) is 58.3 Å². The molecule has 0 aromatic carbocycles. The lowest BCUT2D eigenvalue weighted by Crippen LogP contribution is -2.49. The smallest absolute Gasteiger partial charge is 0.307 e. The Morgan fingerprint density at radius 3 is 2.28 bits per heavy atom. The quantitative estimate of drug-likeness (QED) is 0.254. The molecule has 0 unspecified atom stereocenters. The number of H-pyrrole nitrogens is 3. The minimum atomic E-state index is -1.57. The average molecular weight is 583 g/mol. The topological polar surface area (TPSA) is 143 Å². The van der Waals surface area contributed by atoms with Gasteiger partial charge < -0.3 is 35.2 Å². The summed E-state index contributed by atoms with van der Waals surface area (Å²) in [6, 6.07) is 0. The third-order valence-electron chi connectivity index (χ3n) is 9.56. The molecule has 0 aliphatic carbocycles. The van der Waals surface area contributed by atoms with Crippen LogP contribution in [0.1, 0.15) is 89.3 Å². The summed E-state index contributed by atoms with van der Waals surface area (Å²) in [5.41, 5.74) is 7.42. The van der Waals surface area contributed by atoms with Crippen molar-refractivity contribution in [3.05, 3.63) is 84.8 Å². The highest BCUT2D eigenvalue weighted by molar-refractivity contribution is 5.79. The van der Waals surface area contributed by atoms with Gasteiger partial charge in [-0.2, -0.15) is 0 Å². The van der Waals surface area contributed by atoms with Gasteiger partial charge in [0.15, 0.2) is 5.60 Å². The Kier molecular flexibility index (Phi) is 6.69. The van der Waals surface area contributed by atoms with E-state index in [0.717, 1.165) is 62.0 Å². The number of esters is 1. The Bertz CT molecular complexity index is 1890. The maximum atomic E-state index is 12.6. The number of carboxylic acid groups (broad SMARTS) is 1. The summed E-state index contributed by atoms with van der Waals surface area (Å²) in [5, 5.41) is 27.0. The number of nitrogens with one attached hydrogen (secondary N) is 4. The number of ether oxygens (including phenoxy) is 1. The minimum absolute atomic E-state index is 0.0377. The van der Waals surface area contributed by atoms with Crippen LogP contribution in [-0.4, -0.2) is 48.3 Å². The first kappa shape index (κ1) is 28.6. The number of carboxylic acids is 1. The van der Waals surface area contributed by atoms with Crippen LogP contribution in [0.5, 0.6) is 0 Å². The third-order valence-corrected chi connectivity index (χ3v) is 9.56. The van der Waals surface area contributed by atoms with E-state index in [2.05, 4.69) is 52.8 Å². The molecule has 224 valence electrons. The Hall–Kier alpha value is -4.50. The Morgan fingerprint density at radius 1 is 0.953 bits per heavy atom. The van der Waals surface area contributed by atoms with Gasteiger partial charge in [-0.25, -0.2) is 0 Å². The zero-order valence-electron chi connectivity index (χ0n) is 25.2. The first-order valence-electron chi connectivity index (χ1n) is 14.7. The van der Waals surface area contributed by atoms with Crippen molar-refractivity contribution in [3.63, 3.8) is 0 Å². The molecule has 3 aromatic rings. The molecule has 6 heterocycles. The summed E-state index contributed by atoms with van der Waals surface area (Å²) >= 11 is 0. The minimum Gasteiger partial charge on any atom is -0.481 e. The molecular weight excluding hydrogens is 544 g/mol. The molecule has 9 heteroatoms. The summed E-state index contributed by atoms with van der Waals surface area (Å²) in [4.78, 5) is 34.8. The second-order valence-electron chi connectivity index (χ2n) is 12.0. The molecule has 0 amide bonds. The maximum Gasteiger partial charge on any atom is 0.307 e. The molecule has 2 atom stereocenters. The predicted molar refractivity (Wildman–Crippen MR) is 166 cm³/mol. The number of hydrogen-bond acceptors (Lipinski definition) is 5. The molecule has 2 fully saturated rings. The number of hydrogen-bond donors (Lipinski definition) is 6. The lowest BCUT2D eigenvalue weighted by Gasteiger charge is -2.34. The number of carbonyl (C=O) groups is 2. The van der Waals surface area contributed by atoms with Crippen LogP contribution < -0.4 is 16.0 Å². The van der Waals surface area contributed by atoms with Crippen LogP contribution in [0.3, 0.4) is 0 Å². The molecule has 3 aliphatic heterocycles. The summed E-state index contributed by atoms with van der Waals surface area (Å²) in [6.07, 6.45) is 11.3. The van der Waals surface area contributed by atoms with E-state index in [-0.39, 0.29) is 18.8 Å². The average Bonchev–Trinajstić information content (AvgIpc) is 3.69. The molecule has 6 rings (SSSR count). The van der Waals surface area contributed by atoms with E-state index in [1.807, 2.05) is 26.0 Å². The Balaban J connectivity index is 1.71. The lowest BCUT2D eigenvalue weighted by molar-refractivity contribution is -0.158. The van der Waals surface area contributed by atoms with Gasteiger partial charge in [0.2, 0.25) is 0 Å². The van der Waals surface area contributed by atoms with Gasteiger partial charge in [0.1, 0.15) is 5.60 Å². The first-order valence-corrected chi connectivity index (χ1v) is 14.7. The fourth-order valence-corrected chi connectivity index (χ4v) is 6.94. The van der Waals surface area contributed by atoms with Gasteiger partial charge in [0.25, 0.3) is 0 Å². The van der Waals surface area contributed by atoms with Gasteiger partial charge >= 0.3 is 11.9 Å². The number of aromatic amines is 3. The molecule has 0 radical (unpaired) electrons. The third kappa shape index (κ3) is 4.33. The summed E-state index contributed by atoms with van der Waals surface area (Å²) in [6.45, 7) is 14.0. The second-order valence-corrected chi connectivity index (χ2v) is 12.0. The van der Waals surface area contributed by atoms with Crippen molar-refractivity contribution in [2.75, 3.05) is 0 Å². The summed E-state index contributed by atoms with van der Waals surface area (Å²) < 4.78 is 5.96. The van der Waals surface area contributed by atoms with E-state index in [1.165, 1.54) is 5.56 Å². The van der Waals surface area contributed by atoms with E-state index in [0.29, 0.717) is 29.9 Å². The first-order chi connectivity index (χ1) is 20.4. The SMILES string of the molecule is C=Cc1c2[nH]c(c1C)/C=c1\[nH]/c(c(C)c1CC)=C\c1[nH]c(c(CCC(=O)O)c1C)/C=C1\N/C(=C\2)[C@](C)(O)[C@@]12CCC(=O)O2. The lowest BCUT2D eigenvalue weighted by atomic mass is 9.80. The zero-order valence-corrected chi connectivity index (χ0v) is 25.2. The molecule has 43 heavy (non-hydrogen) atoms. The van der Waals surface area contributed by atoms with Gasteiger partial charge in [-0.1, -0.05) is 19.6 Å². The summed E-state index contributed by atoms with van der Waals surface area (Å²) in [7, 11) is 0. The van der Waals surface area contributed by atoms with Crippen LogP contribution >= 0.6 is 0 Å². The maximum absolute atomic E-state index is 12.6.